The van der Waals surface area contributed by atoms with Crippen molar-refractivity contribution in [1.29, 1.82) is 0 Å². The number of likely N-dealkylation sites (N-methyl/N-ethyl adjacent to an activating group) is 1. The van der Waals surface area contributed by atoms with Crippen LogP contribution in [0.1, 0.15) is 12.5 Å². The third-order valence-electron chi connectivity index (χ3n) is 4.15. The van der Waals surface area contributed by atoms with Crippen molar-refractivity contribution >= 4 is 27.3 Å². The average Bonchev–Trinajstić information content (AvgIpc) is 2.67. The highest BCUT2D eigenvalue weighted by molar-refractivity contribution is 7.89. The lowest BCUT2D eigenvalue weighted by Crippen LogP contribution is -2.37. The van der Waals surface area contributed by atoms with Crippen molar-refractivity contribution in [3.63, 3.8) is 0 Å². The molecule has 1 amide bonds. The zero-order valence-corrected chi connectivity index (χ0v) is 16.5. The van der Waals surface area contributed by atoms with E-state index in [0.717, 1.165) is 4.31 Å². The molecule has 0 aliphatic rings. The van der Waals surface area contributed by atoms with Crippen molar-refractivity contribution in [2.75, 3.05) is 25.5 Å². The first-order chi connectivity index (χ1) is 13.2. The molecule has 0 fully saturated rings. The first-order valence-electron chi connectivity index (χ1n) is 8.38. The lowest BCUT2D eigenvalue weighted by Gasteiger charge is -2.20. The van der Waals surface area contributed by atoms with E-state index in [2.05, 4.69) is 5.32 Å². The minimum atomic E-state index is -3.89. The molecule has 0 aliphatic carbocycles. The summed E-state index contributed by atoms with van der Waals surface area (Å²) >= 11 is 0. The van der Waals surface area contributed by atoms with Gasteiger partial charge in [-0.05, 0) is 37.3 Å². The third kappa shape index (κ3) is 4.65. The smallest absolute Gasteiger partial charge is 0.274 e. The third-order valence-corrected chi connectivity index (χ3v) is 6.08. The summed E-state index contributed by atoms with van der Waals surface area (Å²) in [5.74, 6) is -0.0802. The van der Waals surface area contributed by atoms with Crippen molar-refractivity contribution in [3.8, 4) is 5.75 Å². The van der Waals surface area contributed by atoms with Gasteiger partial charge in [-0.25, -0.2) is 8.42 Å². The number of amides is 1. The molecule has 0 spiro atoms. The molecule has 9 nitrogen and oxygen atoms in total. The Labute approximate surface area is 163 Å². The molecule has 0 heterocycles. The van der Waals surface area contributed by atoms with Crippen LogP contribution in [-0.2, 0) is 14.8 Å². The van der Waals surface area contributed by atoms with E-state index in [-0.39, 0.29) is 22.8 Å². The van der Waals surface area contributed by atoms with Gasteiger partial charge in [0.05, 0.1) is 34.7 Å². The van der Waals surface area contributed by atoms with Gasteiger partial charge >= 0.3 is 0 Å². The highest BCUT2D eigenvalue weighted by Gasteiger charge is 2.26. The number of hydrogen-bond donors (Lipinski definition) is 1. The summed E-state index contributed by atoms with van der Waals surface area (Å²) in [6.07, 6.45) is 0. The predicted molar refractivity (Wildman–Crippen MR) is 104 cm³/mol. The van der Waals surface area contributed by atoms with E-state index >= 15 is 0 Å². The second-order valence-corrected chi connectivity index (χ2v) is 7.80. The molecule has 0 atom stereocenters. The first-order valence-corrected chi connectivity index (χ1v) is 9.82. The maximum atomic E-state index is 12.8. The van der Waals surface area contributed by atoms with Crippen molar-refractivity contribution in [1.82, 2.24) is 4.31 Å². The number of nitrogens with one attached hydrogen (secondary N) is 1. The summed E-state index contributed by atoms with van der Waals surface area (Å²) in [7, 11) is -2.41. The number of hydrogen-bond acceptors (Lipinski definition) is 6. The van der Waals surface area contributed by atoms with Crippen LogP contribution < -0.4 is 10.1 Å². The Morgan fingerprint density at radius 3 is 2.39 bits per heavy atom. The Balaban J connectivity index is 2.19. The summed E-state index contributed by atoms with van der Waals surface area (Å²) in [4.78, 5) is 22.9. The minimum Gasteiger partial charge on any atom is -0.497 e. The summed E-state index contributed by atoms with van der Waals surface area (Å²) in [5, 5.41) is 13.6. The van der Waals surface area contributed by atoms with Crippen LogP contribution in [0, 0.1) is 17.0 Å². The Hall–Kier alpha value is -2.98. The summed E-state index contributed by atoms with van der Waals surface area (Å²) in [6.45, 7) is 2.79. The monoisotopic (exact) mass is 407 g/mol. The van der Waals surface area contributed by atoms with Crippen LogP contribution in [0.3, 0.4) is 0 Å². The van der Waals surface area contributed by atoms with Crippen molar-refractivity contribution in [2.24, 2.45) is 0 Å². The number of nitrogens with zero attached hydrogens (tertiary/aromatic N) is 2. The maximum Gasteiger partial charge on any atom is 0.274 e. The first kappa shape index (κ1) is 21.3. The van der Waals surface area contributed by atoms with Gasteiger partial charge < -0.3 is 10.1 Å². The molecule has 0 aliphatic heterocycles. The van der Waals surface area contributed by atoms with Gasteiger partial charge in [0.2, 0.25) is 15.9 Å². The van der Waals surface area contributed by atoms with Gasteiger partial charge in [-0.3, -0.25) is 14.9 Å². The summed E-state index contributed by atoms with van der Waals surface area (Å²) < 4.78 is 31.6. The van der Waals surface area contributed by atoms with Crippen LogP contribution in [0.4, 0.5) is 11.4 Å². The molecule has 0 bridgehead atoms. The summed E-state index contributed by atoms with van der Waals surface area (Å²) in [5.41, 5.74) is 0.426. The number of rotatable bonds is 8. The Kier molecular flexibility index (Phi) is 6.71. The largest absolute Gasteiger partial charge is 0.497 e. The van der Waals surface area contributed by atoms with Crippen LogP contribution in [0.5, 0.6) is 5.75 Å². The van der Waals surface area contributed by atoms with Crippen LogP contribution in [0.2, 0.25) is 0 Å². The van der Waals surface area contributed by atoms with E-state index in [1.165, 1.54) is 56.5 Å². The van der Waals surface area contributed by atoms with E-state index in [0.29, 0.717) is 11.3 Å². The van der Waals surface area contributed by atoms with Gasteiger partial charge in [0.25, 0.3) is 5.69 Å². The fourth-order valence-corrected chi connectivity index (χ4v) is 3.98. The standard InChI is InChI=1S/C18H21N3O6S/c1-4-20(28(25,26)15-10-8-14(27-3)9-11-15)12-18(22)19-16-6-5-7-17(13(16)2)21(23)24/h5-11H,4,12H2,1-3H3,(H,19,22). The van der Waals surface area contributed by atoms with E-state index in [9.17, 15) is 23.3 Å². The van der Waals surface area contributed by atoms with Gasteiger partial charge in [-0.15, -0.1) is 0 Å². The quantitative estimate of drug-likeness (QED) is 0.531. The molecule has 2 aromatic rings. The molecule has 0 radical (unpaired) electrons. The Morgan fingerprint density at radius 2 is 1.86 bits per heavy atom. The lowest BCUT2D eigenvalue weighted by molar-refractivity contribution is -0.385. The number of methoxy groups -OCH3 is 1. The molecule has 0 aromatic heterocycles. The number of nitro benzene ring substituents is 1. The zero-order chi connectivity index (χ0) is 20.9. The van der Waals surface area contributed by atoms with Gasteiger partial charge in [0.1, 0.15) is 5.75 Å². The molecule has 150 valence electrons. The van der Waals surface area contributed by atoms with Gasteiger partial charge in [-0.1, -0.05) is 13.0 Å². The second-order valence-electron chi connectivity index (χ2n) is 5.86. The maximum absolute atomic E-state index is 12.8. The van der Waals surface area contributed by atoms with E-state index < -0.39 is 27.4 Å². The Bertz CT molecular complexity index is 973. The molecular formula is C18H21N3O6S. The highest BCUT2D eigenvalue weighted by atomic mass is 32.2. The van der Waals surface area contributed by atoms with Gasteiger partial charge in [-0.2, -0.15) is 4.31 Å². The molecule has 2 aromatic carbocycles. The number of ether oxygens (including phenoxy) is 1. The fraction of sp³-hybridized carbons (Fsp3) is 0.278. The van der Waals surface area contributed by atoms with Crippen LogP contribution >= 0.6 is 0 Å². The highest BCUT2D eigenvalue weighted by Crippen LogP contribution is 2.25. The molecule has 0 unspecified atom stereocenters. The van der Waals surface area contributed by atoms with E-state index in [1.807, 2.05) is 0 Å². The average molecular weight is 407 g/mol. The number of sulfonamides is 1. The van der Waals surface area contributed by atoms with Crippen LogP contribution in [0.25, 0.3) is 0 Å². The van der Waals surface area contributed by atoms with Crippen molar-refractivity contribution in [2.45, 2.75) is 18.7 Å². The molecule has 28 heavy (non-hydrogen) atoms. The topological polar surface area (TPSA) is 119 Å². The molecule has 2 rings (SSSR count). The van der Waals surface area contributed by atoms with Crippen molar-refractivity contribution in [3.05, 3.63) is 58.1 Å². The molecule has 0 saturated carbocycles. The molecule has 10 heteroatoms. The van der Waals surface area contributed by atoms with Gasteiger partial charge in [0, 0.05) is 12.6 Å². The van der Waals surface area contributed by atoms with E-state index in [1.54, 1.807) is 6.92 Å². The fourth-order valence-electron chi connectivity index (χ4n) is 2.57. The number of carbonyl (C=O) groups is 1. The second kappa shape index (κ2) is 8.81. The van der Waals surface area contributed by atoms with E-state index in [4.69, 9.17) is 4.74 Å². The SMILES string of the molecule is CCN(CC(=O)Nc1cccc([N+](=O)[O-])c1C)S(=O)(=O)c1ccc(OC)cc1. The van der Waals surface area contributed by atoms with Crippen LogP contribution in [-0.4, -0.2) is 43.8 Å². The van der Waals surface area contributed by atoms with Crippen molar-refractivity contribution < 1.29 is 22.9 Å². The molecule has 1 N–H and O–H groups in total. The number of benzene rings is 2. The minimum absolute atomic E-state index is 0.0366. The predicted octanol–water partition coefficient (Wildman–Crippen LogP) is 2.56. The Morgan fingerprint density at radius 1 is 1.21 bits per heavy atom. The normalized spacial score (nSPS) is 11.3. The van der Waals surface area contributed by atoms with Gasteiger partial charge in [0.15, 0.2) is 0 Å². The summed E-state index contributed by atoms with van der Waals surface area (Å²) in [6, 6.07) is 10.2. The molecular weight excluding hydrogens is 386 g/mol. The number of carbonyl (C=O) groups excluding carboxylic acids is 1. The number of anilines is 1. The number of nitro groups is 1. The zero-order valence-electron chi connectivity index (χ0n) is 15.7. The molecule has 0 saturated heterocycles. The van der Waals surface area contributed by atoms with Crippen LogP contribution in [0.15, 0.2) is 47.4 Å². The lowest BCUT2D eigenvalue weighted by atomic mass is 10.1.